The second-order valence-electron chi connectivity index (χ2n) is 3.88. The van der Waals surface area contributed by atoms with Gasteiger partial charge in [0.25, 0.3) is 0 Å². The molecule has 1 heterocycles. The van der Waals surface area contributed by atoms with Crippen molar-refractivity contribution in [1.82, 2.24) is 0 Å². The van der Waals surface area contributed by atoms with Crippen LogP contribution in [-0.2, 0) is 9.47 Å². The average Bonchev–Trinajstić information content (AvgIpc) is 2.36. The van der Waals surface area contributed by atoms with E-state index in [1.807, 2.05) is 0 Å². The van der Waals surface area contributed by atoms with Crippen LogP contribution in [0.1, 0.15) is 0 Å². The first kappa shape index (κ1) is 15.1. The quantitative estimate of drug-likeness (QED) is 0.831. The molecule has 19 heavy (non-hydrogen) atoms. The van der Waals surface area contributed by atoms with Crippen molar-refractivity contribution in [3.8, 4) is 5.75 Å². The van der Waals surface area contributed by atoms with Gasteiger partial charge in [-0.05, 0) is 6.07 Å². The second kappa shape index (κ2) is 6.45. The van der Waals surface area contributed by atoms with Gasteiger partial charge in [0.1, 0.15) is 18.5 Å². The van der Waals surface area contributed by atoms with E-state index in [-0.39, 0.29) is 13.2 Å². The van der Waals surface area contributed by atoms with Gasteiger partial charge in [-0.3, -0.25) is 0 Å². The average molecular weight is 330 g/mol. The maximum atomic E-state index is 9.26. The minimum atomic E-state index is -1.40. The van der Waals surface area contributed by atoms with Crippen LogP contribution in [0.15, 0.2) is 12.1 Å². The second-order valence-corrected chi connectivity index (χ2v) is 5.10. The van der Waals surface area contributed by atoms with Crippen molar-refractivity contribution in [2.45, 2.75) is 18.7 Å². The lowest BCUT2D eigenvalue weighted by molar-refractivity contribution is -0.316. The summed E-state index contributed by atoms with van der Waals surface area (Å²) in [6.45, 7) is 0.179. The van der Waals surface area contributed by atoms with Gasteiger partial charge in [-0.25, -0.2) is 0 Å². The van der Waals surface area contributed by atoms with Crippen molar-refractivity contribution in [3.05, 3.63) is 27.2 Å². The van der Waals surface area contributed by atoms with Gasteiger partial charge >= 0.3 is 0 Å². The van der Waals surface area contributed by atoms with Crippen molar-refractivity contribution >= 4 is 34.8 Å². The number of ether oxygens (including phenoxy) is 3. The van der Waals surface area contributed by atoms with Gasteiger partial charge < -0.3 is 24.4 Å². The van der Waals surface area contributed by atoms with Crippen molar-refractivity contribution in [2.75, 3.05) is 13.2 Å². The molecule has 0 bridgehead atoms. The van der Waals surface area contributed by atoms with Gasteiger partial charge in [0, 0.05) is 6.07 Å². The molecule has 1 fully saturated rings. The molecule has 1 aliphatic rings. The van der Waals surface area contributed by atoms with Crippen LogP contribution in [0.2, 0.25) is 15.1 Å². The van der Waals surface area contributed by atoms with Crippen molar-refractivity contribution < 1.29 is 24.4 Å². The highest BCUT2D eigenvalue weighted by atomic mass is 35.5. The molecule has 0 spiro atoms. The van der Waals surface area contributed by atoms with E-state index < -0.39 is 18.7 Å². The Morgan fingerprint density at radius 3 is 2.47 bits per heavy atom. The van der Waals surface area contributed by atoms with Crippen LogP contribution in [-0.4, -0.2) is 42.1 Å². The van der Waals surface area contributed by atoms with E-state index in [9.17, 15) is 5.11 Å². The van der Waals surface area contributed by atoms with Crippen LogP contribution in [0.5, 0.6) is 5.75 Å². The molecule has 1 aromatic carbocycles. The lowest BCUT2D eigenvalue weighted by Gasteiger charge is -2.30. The Morgan fingerprint density at radius 2 is 1.79 bits per heavy atom. The Bertz CT molecular complexity index is 456. The number of rotatable bonds is 3. The van der Waals surface area contributed by atoms with Crippen molar-refractivity contribution in [2.24, 2.45) is 0 Å². The smallest absolute Gasteiger partial charge is 0.207 e. The van der Waals surface area contributed by atoms with E-state index in [4.69, 9.17) is 54.1 Å². The molecular weight excluding hydrogens is 318 g/mol. The SMILES string of the molecule is O[C@@H]1OC[C@H](COc2cc(Cl)c(Cl)cc2Cl)O[C@H]1O. The van der Waals surface area contributed by atoms with Gasteiger partial charge in [-0.2, -0.15) is 0 Å². The van der Waals surface area contributed by atoms with Crippen molar-refractivity contribution in [1.29, 1.82) is 0 Å². The van der Waals surface area contributed by atoms with Crippen LogP contribution in [0.4, 0.5) is 0 Å². The van der Waals surface area contributed by atoms with Crippen LogP contribution in [0, 0.1) is 0 Å². The molecule has 2 N–H and O–H groups in total. The minimum Gasteiger partial charge on any atom is -0.489 e. The van der Waals surface area contributed by atoms with E-state index in [1.165, 1.54) is 12.1 Å². The summed E-state index contributed by atoms with van der Waals surface area (Å²) in [7, 11) is 0. The predicted octanol–water partition coefficient (Wildman–Crippen LogP) is 2.08. The first-order valence-corrected chi connectivity index (χ1v) is 6.51. The molecule has 0 aliphatic carbocycles. The molecule has 1 aromatic rings. The highest BCUT2D eigenvalue weighted by molar-refractivity contribution is 6.43. The zero-order valence-electron chi connectivity index (χ0n) is 9.55. The maximum absolute atomic E-state index is 9.26. The van der Waals surface area contributed by atoms with Crippen molar-refractivity contribution in [3.63, 3.8) is 0 Å². The zero-order valence-corrected chi connectivity index (χ0v) is 11.8. The molecular formula is C11H11Cl3O5. The number of aliphatic hydroxyl groups excluding tert-OH is 2. The predicted molar refractivity (Wildman–Crippen MR) is 69.8 cm³/mol. The Balaban J connectivity index is 1.94. The van der Waals surface area contributed by atoms with E-state index in [0.29, 0.717) is 20.8 Å². The monoisotopic (exact) mass is 328 g/mol. The van der Waals surface area contributed by atoms with Crippen LogP contribution >= 0.6 is 34.8 Å². The molecule has 5 nitrogen and oxygen atoms in total. The molecule has 2 rings (SSSR count). The summed E-state index contributed by atoms with van der Waals surface area (Å²) in [6, 6.07) is 2.96. The number of halogens is 3. The molecule has 0 unspecified atom stereocenters. The molecule has 8 heteroatoms. The number of benzene rings is 1. The molecule has 1 saturated heterocycles. The Labute approximate surface area is 124 Å². The third-order valence-electron chi connectivity index (χ3n) is 2.43. The topological polar surface area (TPSA) is 68.2 Å². The first-order chi connectivity index (χ1) is 8.97. The van der Waals surface area contributed by atoms with Crippen LogP contribution in [0.25, 0.3) is 0 Å². The number of hydrogen-bond acceptors (Lipinski definition) is 5. The minimum absolute atomic E-state index is 0.0848. The Morgan fingerprint density at radius 1 is 1.11 bits per heavy atom. The van der Waals surface area contributed by atoms with Crippen LogP contribution in [0.3, 0.4) is 0 Å². The van der Waals surface area contributed by atoms with Crippen LogP contribution < -0.4 is 4.74 Å². The Kier molecular flexibility index (Phi) is 5.14. The molecule has 3 atom stereocenters. The van der Waals surface area contributed by atoms with E-state index in [2.05, 4.69) is 0 Å². The normalized spacial score (nSPS) is 27.3. The first-order valence-electron chi connectivity index (χ1n) is 5.38. The summed E-state index contributed by atoms with van der Waals surface area (Å²) in [4.78, 5) is 0. The Hall–Kier alpha value is -0.270. The lowest BCUT2D eigenvalue weighted by Crippen LogP contribution is -2.45. The molecule has 0 aromatic heterocycles. The molecule has 0 saturated carbocycles. The highest BCUT2D eigenvalue weighted by Crippen LogP contribution is 2.34. The summed E-state index contributed by atoms with van der Waals surface area (Å²) in [5.41, 5.74) is 0. The standard InChI is InChI=1S/C11H11Cl3O5/c12-6-1-8(14)9(2-7(6)13)17-3-5-4-18-10(15)11(16)19-5/h1-2,5,10-11,15-16H,3-4H2/t5-,10+,11+/m0/s1. The number of aliphatic hydroxyl groups is 2. The maximum Gasteiger partial charge on any atom is 0.207 e. The molecule has 0 radical (unpaired) electrons. The van der Waals surface area contributed by atoms with E-state index in [0.717, 1.165) is 0 Å². The van der Waals surface area contributed by atoms with Gasteiger partial charge in [0.2, 0.25) is 12.6 Å². The molecule has 1 aliphatic heterocycles. The summed E-state index contributed by atoms with van der Waals surface area (Å²) in [5.74, 6) is 0.347. The molecule has 0 amide bonds. The third-order valence-corrected chi connectivity index (χ3v) is 3.45. The number of hydrogen-bond donors (Lipinski definition) is 2. The summed E-state index contributed by atoms with van der Waals surface area (Å²) in [6.07, 6.45) is -3.26. The fourth-order valence-electron chi connectivity index (χ4n) is 1.48. The van der Waals surface area contributed by atoms with Gasteiger partial charge in [0.15, 0.2) is 0 Å². The molecule has 106 valence electrons. The summed E-state index contributed by atoms with van der Waals surface area (Å²) < 4.78 is 15.4. The van der Waals surface area contributed by atoms with Gasteiger partial charge in [-0.1, -0.05) is 34.8 Å². The third kappa shape index (κ3) is 3.86. The fraction of sp³-hybridized carbons (Fsp3) is 0.455. The zero-order chi connectivity index (χ0) is 14.0. The highest BCUT2D eigenvalue weighted by Gasteiger charge is 2.29. The fourth-order valence-corrected chi connectivity index (χ4v) is 2.07. The summed E-state index contributed by atoms with van der Waals surface area (Å²) in [5, 5.41) is 19.3. The van der Waals surface area contributed by atoms with Gasteiger partial charge in [0.05, 0.1) is 21.7 Å². The largest absolute Gasteiger partial charge is 0.489 e. The van der Waals surface area contributed by atoms with E-state index in [1.54, 1.807) is 0 Å². The summed E-state index contributed by atoms with van der Waals surface area (Å²) >= 11 is 17.6. The lowest BCUT2D eigenvalue weighted by atomic mass is 10.3. The van der Waals surface area contributed by atoms with Gasteiger partial charge in [-0.15, -0.1) is 0 Å². The van der Waals surface area contributed by atoms with E-state index >= 15 is 0 Å².